The van der Waals surface area contributed by atoms with Crippen LogP contribution in [0.2, 0.25) is 0 Å². The molecule has 0 aliphatic heterocycles. The van der Waals surface area contributed by atoms with Crippen molar-refractivity contribution in [2.45, 2.75) is 0 Å². The molecule has 0 unspecified atom stereocenters. The van der Waals surface area contributed by atoms with E-state index in [0.717, 1.165) is 45.2 Å². The van der Waals surface area contributed by atoms with E-state index in [1.54, 1.807) is 0 Å². The second kappa shape index (κ2) is 11.7. The van der Waals surface area contributed by atoms with Gasteiger partial charge in [0, 0.05) is 53.3 Å². The monoisotopic (exact) mass is 655 g/mol. The van der Waals surface area contributed by atoms with Crippen molar-refractivity contribution in [3.8, 4) is 50.7 Å². The first-order valence-electron chi connectivity index (χ1n) is 16.8. The Hall–Kier alpha value is -6.36. The number of nitrogens with zero attached hydrogens (tertiary/aromatic N) is 3. The van der Waals surface area contributed by atoms with Gasteiger partial charge in [0.05, 0.1) is 22.4 Å². The van der Waals surface area contributed by atoms with Gasteiger partial charge in [-0.05, 0) is 65.7 Å². The molecule has 0 atom stereocenters. The SMILES string of the molecule is c1ccc(-c2cccc(-c3cc(-c4ccc5c(c4)c4ccccc4n5-c4ccccc4)nc(-c4cccc5c4sc4ccccc45)n3)c2)cc1. The van der Waals surface area contributed by atoms with Crippen LogP contribution in [0.5, 0.6) is 0 Å². The molecular weight excluding hydrogens is 627 g/mol. The topological polar surface area (TPSA) is 30.7 Å². The highest BCUT2D eigenvalue weighted by Gasteiger charge is 2.18. The quantitative estimate of drug-likeness (QED) is 0.185. The van der Waals surface area contributed by atoms with Gasteiger partial charge in [0.2, 0.25) is 0 Å². The highest BCUT2D eigenvalue weighted by atomic mass is 32.1. The highest BCUT2D eigenvalue weighted by Crippen LogP contribution is 2.41. The van der Waals surface area contributed by atoms with Gasteiger partial charge < -0.3 is 4.57 Å². The van der Waals surface area contributed by atoms with Crippen LogP contribution in [-0.4, -0.2) is 14.5 Å². The van der Waals surface area contributed by atoms with Gasteiger partial charge in [0.1, 0.15) is 0 Å². The number of benzene rings is 7. The zero-order valence-electron chi connectivity index (χ0n) is 27.0. The Bertz CT molecular complexity index is 2870. The molecule has 0 bridgehead atoms. The molecule has 10 rings (SSSR count). The molecular formula is C46H29N3S. The smallest absolute Gasteiger partial charge is 0.161 e. The summed E-state index contributed by atoms with van der Waals surface area (Å²) in [6.07, 6.45) is 0. The molecule has 7 aromatic carbocycles. The van der Waals surface area contributed by atoms with Crippen molar-refractivity contribution in [1.29, 1.82) is 0 Å². The number of thiophene rings is 1. The Balaban J connectivity index is 1.21. The Kier molecular flexibility index (Phi) is 6.68. The van der Waals surface area contributed by atoms with Crippen LogP contribution >= 0.6 is 11.3 Å². The van der Waals surface area contributed by atoms with Gasteiger partial charge >= 0.3 is 0 Å². The number of fused-ring (bicyclic) bond motifs is 6. The Morgan fingerprint density at radius 1 is 0.400 bits per heavy atom. The lowest BCUT2D eigenvalue weighted by atomic mass is 10.00. The van der Waals surface area contributed by atoms with Crippen molar-refractivity contribution < 1.29 is 0 Å². The van der Waals surface area contributed by atoms with Crippen LogP contribution in [0, 0.1) is 0 Å². The summed E-state index contributed by atoms with van der Waals surface area (Å²) >= 11 is 1.81. The zero-order chi connectivity index (χ0) is 33.0. The van der Waals surface area contributed by atoms with Gasteiger partial charge in [0.25, 0.3) is 0 Å². The molecule has 0 fully saturated rings. The molecule has 0 saturated heterocycles. The van der Waals surface area contributed by atoms with E-state index >= 15 is 0 Å². The van der Waals surface area contributed by atoms with Crippen molar-refractivity contribution in [3.63, 3.8) is 0 Å². The molecule has 3 nitrogen and oxygen atoms in total. The fourth-order valence-electron chi connectivity index (χ4n) is 7.26. The van der Waals surface area contributed by atoms with Crippen LogP contribution in [-0.2, 0) is 0 Å². The fourth-order valence-corrected chi connectivity index (χ4v) is 8.47. The van der Waals surface area contributed by atoms with E-state index in [9.17, 15) is 0 Å². The summed E-state index contributed by atoms with van der Waals surface area (Å²) in [6.45, 7) is 0. The van der Waals surface area contributed by atoms with Crippen molar-refractivity contribution in [3.05, 3.63) is 176 Å². The maximum Gasteiger partial charge on any atom is 0.161 e. The lowest BCUT2D eigenvalue weighted by Gasteiger charge is -2.12. The van der Waals surface area contributed by atoms with Crippen LogP contribution in [0.1, 0.15) is 0 Å². The highest BCUT2D eigenvalue weighted by molar-refractivity contribution is 7.26. The number of aromatic nitrogens is 3. The minimum absolute atomic E-state index is 0.728. The summed E-state index contributed by atoms with van der Waals surface area (Å²) in [6, 6.07) is 62.5. The molecule has 0 spiro atoms. The third kappa shape index (κ3) is 4.73. The summed E-state index contributed by atoms with van der Waals surface area (Å²) < 4.78 is 4.82. The third-order valence-corrected chi connectivity index (χ3v) is 10.8. The van der Waals surface area contributed by atoms with E-state index < -0.39 is 0 Å². The number of hydrogen-bond acceptors (Lipinski definition) is 3. The normalized spacial score (nSPS) is 11.6. The summed E-state index contributed by atoms with van der Waals surface area (Å²) in [5.74, 6) is 0.728. The minimum Gasteiger partial charge on any atom is -0.309 e. The first-order chi connectivity index (χ1) is 24.8. The van der Waals surface area contributed by atoms with Crippen molar-refractivity contribution in [1.82, 2.24) is 14.5 Å². The van der Waals surface area contributed by atoms with Crippen LogP contribution in [0.15, 0.2) is 176 Å². The van der Waals surface area contributed by atoms with Crippen LogP contribution in [0.3, 0.4) is 0 Å². The molecule has 0 radical (unpaired) electrons. The van der Waals surface area contributed by atoms with Crippen molar-refractivity contribution >= 4 is 53.3 Å². The molecule has 0 aliphatic rings. The van der Waals surface area contributed by atoms with Gasteiger partial charge in [-0.3, -0.25) is 0 Å². The standard InChI is InChI=1S/C46H29N3S/c1-3-13-30(14-4-1)31-15-11-16-32(27-31)40-29-41(48-46(47-40)38-22-12-21-37-36-20-8-10-24-44(36)50-45(37)38)33-25-26-43-39(28-33)35-19-7-9-23-42(35)49(43)34-17-5-2-6-18-34/h1-29H. The van der Waals surface area contributed by atoms with E-state index in [0.29, 0.717) is 0 Å². The molecule has 0 saturated carbocycles. The second-order valence-corrected chi connectivity index (χ2v) is 13.7. The molecule has 0 aliphatic carbocycles. The maximum atomic E-state index is 5.34. The largest absolute Gasteiger partial charge is 0.309 e. The first kappa shape index (κ1) is 28.6. The molecule has 4 heteroatoms. The Labute approximate surface area is 293 Å². The predicted molar refractivity (Wildman–Crippen MR) is 211 cm³/mol. The lowest BCUT2D eigenvalue weighted by molar-refractivity contribution is 1.18. The maximum absolute atomic E-state index is 5.34. The van der Waals surface area contributed by atoms with Gasteiger partial charge in [-0.1, -0.05) is 121 Å². The van der Waals surface area contributed by atoms with E-state index in [4.69, 9.17) is 9.97 Å². The molecule has 234 valence electrons. The van der Waals surface area contributed by atoms with Crippen LogP contribution in [0.25, 0.3) is 92.7 Å². The van der Waals surface area contributed by atoms with E-state index in [1.165, 1.54) is 47.5 Å². The van der Waals surface area contributed by atoms with Crippen LogP contribution in [0.4, 0.5) is 0 Å². The summed E-state index contributed by atoms with van der Waals surface area (Å²) in [5, 5.41) is 4.91. The van der Waals surface area contributed by atoms with Crippen LogP contribution < -0.4 is 0 Å². The van der Waals surface area contributed by atoms with E-state index in [1.807, 2.05) is 11.3 Å². The molecule has 0 N–H and O–H groups in total. The lowest BCUT2D eigenvalue weighted by Crippen LogP contribution is -1.97. The summed E-state index contributed by atoms with van der Waals surface area (Å²) in [5.41, 5.74) is 10.8. The summed E-state index contributed by atoms with van der Waals surface area (Å²) in [4.78, 5) is 10.6. The average molecular weight is 656 g/mol. The van der Waals surface area contributed by atoms with Gasteiger partial charge in [-0.2, -0.15) is 0 Å². The van der Waals surface area contributed by atoms with E-state index in [2.05, 4.69) is 180 Å². The molecule has 3 heterocycles. The van der Waals surface area contributed by atoms with Gasteiger partial charge in [-0.15, -0.1) is 11.3 Å². The number of rotatable bonds is 5. The number of hydrogen-bond donors (Lipinski definition) is 0. The molecule has 0 amide bonds. The predicted octanol–water partition coefficient (Wildman–Crippen LogP) is 12.6. The van der Waals surface area contributed by atoms with Gasteiger partial charge in [0.15, 0.2) is 5.82 Å². The van der Waals surface area contributed by atoms with Gasteiger partial charge in [-0.25, -0.2) is 9.97 Å². The minimum atomic E-state index is 0.728. The Morgan fingerprint density at radius 2 is 1.02 bits per heavy atom. The zero-order valence-corrected chi connectivity index (χ0v) is 27.8. The van der Waals surface area contributed by atoms with Crippen molar-refractivity contribution in [2.24, 2.45) is 0 Å². The molecule has 10 aromatic rings. The first-order valence-corrected chi connectivity index (χ1v) is 17.6. The summed E-state index contributed by atoms with van der Waals surface area (Å²) in [7, 11) is 0. The fraction of sp³-hybridized carbons (Fsp3) is 0. The van der Waals surface area contributed by atoms with Crippen molar-refractivity contribution in [2.75, 3.05) is 0 Å². The number of para-hydroxylation sites is 2. The Morgan fingerprint density at radius 3 is 1.86 bits per heavy atom. The third-order valence-electron chi connectivity index (χ3n) is 9.62. The molecule has 50 heavy (non-hydrogen) atoms. The van der Waals surface area contributed by atoms with E-state index in [-0.39, 0.29) is 0 Å². The average Bonchev–Trinajstić information content (AvgIpc) is 3.74. The second-order valence-electron chi connectivity index (χ2n) is 12.6. The molecule has 3 aromatic heterocycles.